The highest BCUT2D eigenvalue weighted by molar-refractivity contribution is 5.97. The first-order valence-electron chi connectivity index (χ1n) is 7.65. The van der Waals surface area contributed by atoms with Crippen LogP contribution in [0, 0.1) is 0 Å². The van der Waals surface area contributed by atoms with E-state index in [-0.39, 0.29) is 5.91 Å². The first-order valence-corrected chi connectivity index (χ1v) is 7.65. The third kappa shape index (κ3) is 3.32. The number of benzene rings is 2. The van der Waals surface area contributed by atoms with Crippen molar-refractivity contribution in [2.45, 2.75) is 6.42 Å². The van der Waals surface area contributed by atoms with Gasteiger partial charge in [0.15, 0.2) is 0 Å². The standard InChI is InChI=1S/C18H19N3O3/c1-23-12-7-8-13(16(11-12)24-2)18(22)19-10-9-17-20-14-5-3-4-6-15(14)21-17/h3-8,11H,9-10H2,1-2H3,(H,19,22)(H,20,21). The van der Waals surface area contributed by atoms with Gasteiger partial charge in [0.25, 0.3) is 5.91 Å². The maximum Gasteiger partial charge on any atom is 0.255 e. The van der Waals surface area contributed by atoms with Gasteiger partial charge in [-0.3, -0.25) is 4.79 Å². The fraction of sp³-hybridized carbons (Fsp3) is 0.222. The SMILES string of the molecule is COc1ccc(C(=O)NCCc2nc3ccccc3[nH]2)c(OC)c1. The normalized spacial score (nSPS) is 10.6. The number of hydrogen-bond acceptors (Lipinski definition) is 4. The first kappa shape index (κ1) is 15.9. The molecule has 1 amide bonds. The van der Waals surface area contributed by atoms with Crippen molar-refractivity contribution >= 4 is 16.9 Å². The summed E-state index contributed by atoms with van der Waals surface area (Å²) in [6.45, 7) is 0.480. The van der Waals surface area contributed by atoms with Crippen LogP contribution in [0.5, 0.6) is 11.5 Å². The van der Waals surface area contributed by atoms with E-state index in [1.165, 1.54) is 7.11 Å². The van der Waals surface area contributed by atoms with Crippen LogP contribution in [-0.4, -0.2) is 36.6 Å². The van der Waals surface area contributed by atoms with Crippen molar-refractivity contribution in [2.75, 3.05) is 20.8 Å². The molecule has 0 radical (unpaired) electrons. The van der Waals surface area contributed by atoms with Crippen LogP contribution in [-0.2, 0) is 6.42 Å². The summed E-state index contributed by atoms with van der Waals surface area (Å²) in [6, 6.07) is 13.0. The summed E-state index contributed by atoms with van der Waals surface area (Å²) in [5.74, 6) is 1.78. The molecule has 6 heteroatoms. The quantitative estimate of drug-likeness (QED) is 0.730. The molecule has 0 bridgehead atoms. The van der Waals surface area contributed by atoms with Gasteiger partial charge in [-0.05, 0) is 24.3 Å². The zero-order valence-electron chi connectivity index (χ0n) is 13.6. The lowest BCUT2D eigenvalue weighted by Gasteiger charge is -2.10. The number of para-hydroxylation sites is 2. The van der Waals surface area contributed by atoms with E-state index >= 15 is 0 Å². The van der Waals surface area contributed by atoms with E-state index in [1.807, 2.05) is 24.3 Å². The number of aromatic nitrogens is 2. The Morgan fingerprint density at radius 3 is 2.75 bits per heavy atom. The average Bonchev–Trinajstić information content (AvgIpc) is 3.03. The lowest BCUT2D eigenvalue weighted by molar-refractivity contribution is 0.0951. The van der Waals surface area contributed by atoms with E-state index in [1.54, 1.807) is 25.3 Å². The van der Waals surface area contributed by atoms with Crippen LogP contribution < -0.4 is 14.8 Å². The molecule has 0 aliphatic heterocycles. The summed E-state index contributed by atoms with van der Waals surface area (Å²) in [5, 5.41) is 2.88. The Bertz CT molecular complexity index is 825. The number of ether oxygens (including phenoxy) is 2. The summed E-state index contributed by atoms with van der Waals surface area (Å²) in [6.07, 6.45) is 0.624. The van der Waals surface area contributed by atoms with Crippen LogP contribution in [0.2, 0.25) is 0 Å². The number of carbonyl (C=O) groups is 1. The molecule has 0 atom stereocenters. The molecular weight excluding hydrogens is 306 g/mol. The lowest BCUT2D eigenvalue weighted by Crippen LogP contribution is -2.26. The monoisotopic (exact) mass is 325 g/mol. The van der Waals surface area contributed by atoms with Crippen molar-refractivity contribution in [3.8, 4) is 11.5 Å². The summed E-state index contributed by atoms with van der Waals surface area (Å²) in [4.78, 5) is 20.1. The highest BCUT2D eigenvalue weighted by atomic mass is 16.5. The second-order valence-corrected chi connectivity index (χ2v) is 5.27. The fourth-order valence-corrected chi connectivity index (χ4v) is 2.50. The van der Waals surface area contributed by atoms with Gasteiger partial charge in [0, 0.05) is 19.0 Å². The molecule has 2 aromatic carbocycles. The number of methoxy groups -OCH3 is 2. The van der Waals surface area contributed by atoms with Crippen LogP contribution in [0.15, 0.2) is 42.5 Å². The summed E-state index contributed by atoms with van der Waals surface area (Å²) in [7, 11) is 3.10. The summed E-state index contributed by atoms with van der Waals surface area (Å²) < 4.78 is 10.4. The molecule has 0 unspecified atom stereocenters. The first-order chi connectivity index (χ1) is 11.7. The Balaban J connectivity index is 1.63. The number of amides is 1. The second kappa shape index (κ2) is 7.04. The summed E-state index contributed by atoms with van der Waals surface area (Å²) in [5.41, 5.74) is 2.40. The van der Waals surface area contributed by atoms with Crippen molar-refractivity contribution in [3.05, 3.63) is 53.9 Å². The predicted molar refractivity (Wildman–Crippen MR) is 91.7 cm³/mol. The van der Waals surface area contributed by atoms with Crippen LogP contribution in [0.4, 0.5) is 0 Å². The Hall–Kier alpha value is -3.02. The minimum absolute atomic E-state index is 0.189. The number of imidazole rings is 1. The van der Waals surface area contributed by atoms with Crippen molar-refractivity contribution in [1.82, 2.24) is 15.3 Å². The number of rotatable bonds is 6. The largest absolute Gasteiger partial charge is 0.497 e. The van der Waals surface area contributed by atoms with Crippen molar-refractivity contribution in [1.29, 1.82) is 0 Å². The molecular formula is C18H19N3O3. The van der Waals surface area contributed by atoms with Crippen molar-refractivity contribution < 1.29 is 14.3 Å². The molecule has 0 fully saturated rings. The molecule has 0 saturated carbocycles. The number of nitrogens with zero attached hydrogens (tertiary/aromatic N) is 1. The highest BCUT2D eigenvalue weighted by Gasteiger charge is 2.13. The van der Waals surface area contributed by atoms with Gasteiger partial charge in [0.1, 0.15) is 17.3 Å². The molecule has 6 nitrogen and oxygen atoms in total. The van der Waals surface area contributed by atoms with Crippen LogP contribution in [0.25, 0.3) is 11.0 Å². The molecule has 3 aromatic rings. The maximum absolute atomic E-state index is 12.3. The third-order valence-electron chi connectivity index (χ3n) is 3.74. The van der Waals surface area contributed by atoms with E-state index in [2.05, 4.69) is 15.3 Å². The van der Waals surface area contributed by atoms with E-state index in [0.717, 1.165) is 16.9 Å². The van der Waals surface area contributed by atoms with E-state index in [9.17, 15) is 4.79 Å². The lowest BCUT2D eigenvalue weighted by atomic mass is 10.1. The zero-order chi connectivity index (χ0) is 16.9. The number of aromatic amines is 1. The van der Waals surface area contributed by atoms with E-state index < -0.39 is 0 Å². The van der Waals surface area contributed by atoms with E-state index in [4.69, 9.17) is 9.47 Å². The Labute approximate surface area is 139 Å². The van der Waals surface area contributed by atoms with Gasteiger partial charge in [0.2, 0.25) is 0 Å². The Morgan fingerprint density at radius 2 is 2.00 bits per heavy atom. The molecule has 0 aliphatic rings. The molecule has 1 heterocycles. The maximum atomic E-state index is 12.3. The minimum atomic E-state index is -0.189. The topological polar surface area (TPSA) is 76.2 Å². The minimum Gasteiger partial charge on any atom is -0.497 e. The summed E-state index contributed by atoms with van der Waals surface area (Å²) >= 11 is 0. The fourth-order valence-electron chi connectivity index (χ4n) is 2.50. The van der Waals surface area contributed by atoms with Gasteiger partial charge in [-0.25, -0.2) is 4.98 Å². The second-order valence-electron chi connectivity index (χ2n) is 5.27. The van der Waals surface area contributed by atoms with Crippen molar-refractivity contribution in [3.63, 3.8) is 0 Å². The number of H-pyrrole nitrogens is 1. The third-order valence-corrected chi connectivity index (χ3v) is 3.74. The van der Waals surface area contributed by atoms with Gasteiger partial charge in [-0.1, -0.05) is 12.1 Å². The molecule has 1 aromatic heterocycles. The van der Waals surface area contributed by atoms with Gasteiger partial charge >= 0.3 is 0 Å². The smallest absolute Gasteiger partial charge is 0.255 e. The molecule has 3 rings (SSSR count). The number of fused-ring (bicyclic) bond motifs is 1. The number of nitrogens with one attached hydrogen (secondary N) is 2. The molecule has 2 N–H and O–H groups in total. The number of hydrogen-bond donors (Lipinski definition) is 2. The van der Waals surface area contributed by atoms with Crippen molar-refractivity contribution in [2.24, 2.45) is 0 Å². The zero-order valence-corrected chi connectivity index (χ0v) is 13.6. The molecule has 124 valence electrons. The molecule has 0 aliphatic carbocycles. The Kier molecular flexibility index (Phi) is 4.65. The molecule has 0 saturated heterocycles. The highest BCUT2D eigenvalue weighted by Crippen LogP contribution is 2.24. The van der Waals surface area contributed by atoms with Gasteiger partial charge < -0.3 is 19.8 Å². The number of carbonyl (C=O) groups excluding carboxylic acids is 1. The Morgan fingerprint density at radius 1 is 1.17 bits per heavy atom. The van der Waals surface area contributed by atoms with Gasteiger partial charge in [-0.15, -0.1) is 0 Å². The van der Waals surface area contributed by atoms with Crippen LogP contribution >= 0.6 is 0 Å². The van der Waals surface area contributed by atoms with Gasteiger partial charge in [-0.2, -0.15) is 0 Å². The molecule has 24 heavy (non-hydrogen) atoms. The predicted octanol–water partition coefficient (Wildman–Crippen LogP) is 2.55. The van der Waals surface area contributed by atoms with Crippen LogP contribution in [0.3, 0.4) is 0 Å². The average molecular weight is 325 g/mol. The van der Waals surface area contributed by atoms with E-state index in [0.29, 0.717) is 30.0 Å². The van der Waals surface area contributed by atoms with Gasteiger partial charge in [0.05, 0.1) is 30.8 Å². The van der Waals surface area contributed by atoms with Crippen LogP contribution in [0.1, 0.15) is 16.2 Å². The molecule has 0 spiro atoms.